The zero-order valence-electron chi connectivity index (χ0n) is 10.9. The van der Waals surface area contributed by atoms with E-state index in [2.05, 4.69) is 26.1 Å². The smallest absolute Gasteiger partial charge is 0.369 e. The van der Waals surface area contributed by atoms with Crippen molar-refractivity contribution in [1.82, 2.24) is 5.32 Å². The van der Waals surface area contributed by atoms with Gasteiger partial charge in [-0.15, -0.1) is 0 Å². The van der Waals surface area contributed by atoms with Crippen LogP contribution in [-0.2, 0) is 6.18 Å². The Labute approximate surface area is 124 Å². The number of nitrogens with one attached hydrogen (secondary N) is 1. The molecular weight excluding hydrogens is 333 g/mol. The molecule has 2 aliphatic heterocycles. The van der Waals surface area contributed by atoms with Crippen LogP contribution in [0.15, 0.2) is 22.7 Å². The van der Waals surface area contributed by atoms with E-state index in [0.29, 0.717) is 16.4 Å². The lowest BCUT2D eigenvalue weighted by atomic mass is 9.94. The molecule has 2 fully saturated rings. The van der Waals surface area contributed by atoms with Crippen LogP contribution in [0.4, 0.5) is 18.9 Å². The average molecular weight is 349 g/mol. The summed E-state index contributed by atoms with van der Waals surface area (Å²) in [4.78, 5) is 2.18. The van der Waals surface area contributed by atoms with Gasteiger partial charge in [-0.25, -0.2) is 0 Å². The van der Waals surface area contributed by atoms with E-state index >= 15 is 0 Å². The summed E-state index contributed by atoms with van der Waals surface area (Å²) in [5.74, 6) is 0.609. The molecule has 2 heterocycles. The molecule has 0 spiro atoms. The number of nitrogens with zero attached hydrogens (tertiary/aromatic N) is 1. The molecule has 20 heavy (non-hydrogen) atoms. The van der Waals surface area contributed by atoms with Gasteiger partial charge in [-0.3, -0.25) is 0 Å². The maximum absolute atomic E-state index is 12.7. The molecule has 1 N–H and O–H groups in total. The molecular formula is C14H16BrF3N2. The summed E-state index contributed by atoms with van der Waals surface area (Å²) >= 11 is 3.29. The lowest BCUT2D eigenvalue weighted by Gasteiger charge is -2.24. The van der Waals surface area contributed by atoms with Crippen LogP contribution in [0.3, 0.4) is 0 Å². The second-order valence-electron chi connectivity index (χ2n) is 5.53. The molecule has 2 saturated heterocycles. The number of fused-ring (bicyclic) bond motifs is 1. The van der Waals surface area contributed by atoms with E-state index in [4.69, 9.17) is 0 Å². The van der Waals surface area contributed by atoms with Crippen molar-refractivity contribution in [1.29, 1.82) is 0 Å². The largest absolute Gasteiger partial charge is 0.416 e. The summed E-state index contributed by atoms with van der Waals surface area (Å²) in [6, 6.07) is 4.38. The Bertz CT molecular complexity index is 490. The molecule has 2 nitrogen and oxygen atoms in total. The van der Waals surface area contributed by atoms with Crippen molar-refractivity contribution in [3.63, 3.8) is 0 Å². The van der Waals surface area contributed by atoms with E-state index in [-0.39, 0.29) is 0 Å². The van der Waals surface area contributed by atoms with Gasteiger partial charge in [0.2, 0.25) is 0 Å². The first-order chi connectivity index (χ1) is 9.45. The Balaban J connectivity index is 1.81. The van der Waals surface area contributed by atoms with E-state index < -0.39 is 11.7 Å². The number of benzene rings is 1. The zero-order chi connectivity index (χ0) is 14.3. The van der Waals surface area contributed by atoms with Crippen molar-refractivity contribution in [2.45, 2.75) is 25.1 Å². The topological polar surface area (TPSA) is 15.3 Å². The minimum absolute atomic E-state index is 0.470. The summed E-state index contributed by atoms with van der Waals surface area (Å²) in [6.07, 6.45) is -1.91. The third-order valence-electron chi connectivity index (χ3n) is 4.21. The maximum atomic E-state index is 12.7. The molecule has 1 aromatic carbocycles. The van der Waals surface area contributed by atoms with Gasteiger partial charge in [-0.1, -0.05) is 0 Å². The van der Waals surface area contributed by atoms with Gasteiger partial charge in [0.1, 0.15) is 0 Å². The second kappa shape index (κ2) is 5.22. The number of rotatable bonds is 1. The standard InChI is InChI=1S/C14H16BrF3N2/c15-11-6-10(14(16,17)18)3-4-13(11)20-7-9-2-1-5-19-12(9)8-20/h3-4,6,9,12,19H,1-2,5,7-8H2. The number of anilines is 1. The van der Waals surface area contributed by atoms with E-state index in [1.807, 2.05) is 0 Å². The fraction of sp³-hybridized carbons (Fsp3) is 0.571. The normalized spacial score (nSPS) is 26.7. The van der Waals surface area contributed by atoms with Crippen LogP contribution in [0.5, 0.6) is 0 Å². The van der Waals surface area contributed by atoms with Crippen molar-refractivity contribution >= 4 is 21.6 Å². The van der Waals surface area contributed by atoms with Crippen molar-refractivity contribution in [3.8, 4) is 0 Å². The highest BCUT2D eigenvalue weighted by molar-refractivity contribution is 9.10. The molecule has 0 saturated carbocycles. The van der Waals surface area contributed by atoms with E-state index in [9.17, 15) is 13.2 Å². The SMILES string of the molecule is FC(F)(F)c1ccc(N2CC3CCCNC3C2)c(Br)c1. The first-order valence-electron chi connectivity index (χ1n) is 6.80. The van der Waals surface area contributed by atoms with Crippen LogP contribution in [0.25, 0.3) is 0 Å². The molecule has 110 valence electrons. The summed E-state index contributed by atoms with van der Waals surface area (Å²) in [5.41, 5.74) is 0.247. The minimum Gasteiger partial charge on any atom is -0.369 e. The van der Waals surface area contributed by atoms with Crippen LogP contribution >= 0.6 is 15.9 Å². The lowest BCUT2D eigenvalue weighted by Crippen LogP contribution is -2.40. The summed E-state index contributed by atoms with van der Waals surface area (Å²) in [6.45, 7) is 2.83. The lowest BCUT2D eigenvalue weighted by molar-refractivity contribution is -0.137. The van der Waals surface area contributed by atoms with Gasteiger partial charge in [-0.05, 0) is 59.4 Å². The number of alkyl halides is 3. The predicted octanol–water partition coefficient (Wildman–Crippen LogP) is 3.66. The third-order valence-corrected chi connectivity index (χ3v) is 4.85. The van der Waals surface area contributed by atoms with Crippen LogP contribution in [-0.4, -0.2) is 25.7 Å². The summed E-state index contributed by atoms with van der Waals surface area (Å²) in [5, 5.41) is 3.50. The third kappa shape index (κ3) is 2.68. The van der Waals surface area contributed by atoms with Crippen molar-refractivity contribution in [2.24, 2.45) is 5.92 Å². The van der Waals surface area contributed by atoms with Gasteiger partial charge in [0, 0.05) is 23.6 Å². The van der Waals surface area contributed by atoms with E-state index in [1.165, 1.54) is 18.9 Å². The average Bonchev–Trinajstić information content (AvgIpc) is 2.80. The van der Waals surface area contributed by atoms with E-state index in [1.54, 1.807) is 6.07 Å². The number of halogens is 4. The van der Waals surface area contributed by atoms with E-state index in [0.717, 1.165) is 31.4 Å². The molecule has 6 heteroatoms. The van der Waals surface area contributed by atoms with Gasteiger partial charge in [0.15, 0.2) is 0 Å². The summed E-state index contributed by atoms with van der Waals surface area (Å²) < 4.78 is 38.5. The molecule has 0 aliphatic carbocycles. The molecule has 0 bridgehead atoms. The maximum Gasteiger partial charge on any atom is 0.416 e. The fourth-order valence-corrected chi connectivity index (χ4v) is 3.81. The van der Waals surface area contributed by atoms with Crippen molar-refractivity contribution < 1.29 is 13.2 Å². The summed E-state index contributed by atoms with van der Waals surface area (Å²) in [7, 11) is 0. The molecule has 0 amide bonds. The van der Waals surface area contributed by atoms with Crippen molar-refractivity contribution in [2.75, 3.05) is 24.5 Å². The Kier molecular flexibility index (Phi) is 3.71. The Morgan fingerprint density at radius 1 is 1.25 bits per heavy atom. The quantitative estimate of drug-likeness (QED) is 0.833. The molecule has 0 radical (unpaired) electrons. The molecule has 2 atom stereocenters. The minimum atomic E-state index is -4.29. The number of piperidine rings is 1. The van der Waals surface area contributed by atoms with Gasteiger partial charge >= 0.3 is 6.18 Å². The second-order valence-corrected chi connectivity index (χ2v) is 6.39. The number of hydrogen-bond donors (Lipinski definition) is 1. The van der Waals surface area contributed by atoms with Crippen LogP contribution in [0.2, 0.25) is 0 Å². The Morgan fingerprint density at radius 2 is 2.05 bits per heavy atom. The molecule has 2 aliphatic rings. The monoisotopic (exact) mass is 348 g/mol. The van der Waals surface area contributed by atoms with Crippen LogP contribution in [0, 0.1) is 5.92 Å². The molecule has 3 rings (SSSR count). The highest BCUT2D eigenvalue weighted by Gasteiger charge is 2.36. The fourth-order valence-electron chi connectivity index (χ4n) is 3.18. The zero-order valence-corrected chi connectivity index (χ0v) is 12.5. The Hall–Kier alpha value is -0.750. The van der Waals surface area contributed by atoms with Crippen LogP contribution in [0.1, 0.15) is 18.4 Å². The van der Waals surface area contributed by atoms with Gasteiger partial charge in [-0.2, -0.15) is 13.2 Å². The molecule has 2 unspecified atom stereocenters. The van der Waals surface area contributed by atoms with Crippen LogP contribution < -0.4 is 10.2 Å². The molecule has 1 aromatic rings. The first kappa shape index (κ1) is 14.2. The predicted molar refractivity (Wildman–Crippen MR) is 75.9 cm³/mol. The Morgan fingerprint density at radius 3 is 2.70 bits per heavy atom. The van der Waals surface area contributed by atoms with Gasteiger partial charge < -0.3 is 10.2 Å². The van der Waals surface area contributed by atoms with Gasteiger partial charge in [0.05, 0.1) is 11.3 Å². The first-order valence-corrected chi connectivity index (χ1v) is 7.59. The highest BCUT2D eigenvalue weighted by Crippen LogP contribution is 2.37. The van der Waals surface area contributed by atoms with Crippen molar-refractivity contribution in [3.05, 3.63) is 28.2 Å². The molecule has 0 aromatic heterocycles. The van der Waals surface area contributed by atoms with Gasteiger partial charge in [0.25, 0.3) is 0 Å². The number of hydrogen-bond acceptors (Lipinski definition) is 2. The highest BCUT2D eigenvalue weighted by atomic mass is 79.9.